The summed E-state index contributed by atoms with van der Waals surface area (Å²) >= 11 is 0. The predicted molar refractivity (Wildman–Crippen MR) is 71.8 cm³/mol. The number of nitrogens with one attached hydrogen (secondary N) is 2. The lowest BCUT2D eigenvalue weighted by Gasteiger charge is -2.16. The zero-order chi connectivity index (χ0) is 13.1. The molecule has 1 amide bonds. The fourth-order valence-electron chi connectivity index (χ4n) is 2.45. The van der Waals surface area contributed by atoms with Gasteiger partial charge < -0.3 is 21.5 Å². The quantitative estimate of drug-likeness (QED) is 0.618. The Morgan fingerprint density at radius 1 is 1.39 bits per heavy atom. The fourth-order valence-corrected chi connectivity index (χ4v) is 2.45. The van der Waals surface area contributed by atoms with Crippen LogP contribution < -0.4 is 16.4 Å². The summed E-state index contributed by atoms with van der Waals surface area (Å²) in [6.07, 6.45) is 1.68. The minimum absolute atomic E-state index is 0.0478. The monoisotopic (exact) mass is 249 g/mol. The van der Waals surface area contributed by atoms with Gasteiger partial charge >= 0.3 is 6.09 Å². The highest BCUT2D eigenvalue weighted by Crippen LogP contribution is 2.26. The summed E-state index contributed by atoms with van der Waals surface area (Å²) < 4.78 is 0. The van der Waals surface area contributed by atoms with Gasteiger partial charge in [0.15, 0.2) is 0 Å². The Kier molecular flexibility index (Phi) is 3.60. The van der Waals surface area contributed by atoms with Crippen LogP contribution in [-0.4, -0.2) is 23.3 Å². The van der Waals surface area contributed by atoms with Gasteiger partial charge in [0.05, 0.1) is 11.4 Å². The number of rotatable bonds is 3. The Hall–Kier alpha value is -1.91. The second kappa shape index (κ2) is 5.16. The predicted octanol–water partition coefficient (Wildman–Crippen LogP) is 2.18. The van der Waals surface area contributed by atoms with Crippen LogP contribution in [-0.2, 0) is 0 Å². The van der Waals surface area contributed by atoms with Crippen molar-refractivity contribution in [3.8, 4) is 0 Å². The molecule has 0 bridgehead atoms. The highest BCUT2D eigenvalue weighted by Gasteiger charge is 2.25. The minimum Gasteiger partial charge on any atom is -0.465 e. The molecule has 0 heterocycles. The third kappa shape index (κ3) is 3.06. The third-order valence-electron chi connectivity index (χ3n) is 3.33. The normalized spacial score (nSPS) is 22.7. The molecule has 0 unspecified atom stereocenters. The topological polar surface area (TPSA) is 87.4 Å². The summed E-state index contributed by atoms with van der Waals surface area (Å²) in [7, 11) is 0. The Labute approximate surface area is 106 Å². The number of hydrogen-bond donors (Lipinski definition) is 4. The SMILES string of the molecule is Cc1ccc(N[C@H]2CC[C@H](NC(=O)O)C2)c(N)c1. The highest BCUT2D eigenvalue weighted by atomic mass is 16.4. The maximum atomic E-state index is 10.6. The first-order valence-electron chi connectivity index (χ1n) is 6.16. The van der Waals surface area contributed by atoms with E-state index in [0.29, 0.717) is 0 Å². The van der Waals surface area contributed by atoms with Gasteiger partial charge in [-0.05, 0) is 43.9 Å². The first kappa shape index (κ1) is 12.5. The van der Waals surface area contributed by atoms with Crippen molar-refractivity contribution >= 4 is 17.5 Å². The van der Waals surface area contributed by atoms with Gasteiger partial charge in [0.2, 0.25) is 0 Å². The van der Waals surface area contributed by atoms with Crippen molar-refractivity contribution in [2.24, 2.45) is 0 Å². The van der Waals surface area contributed by atoms with Gasteiger partial charge in [-0.25, -0.2) is 4.79 Å². The number of nitrogen functional groups attached to an aromatic ring is 1. The molecular weight excluding hydrogens is 230 g/mol. The van der Waals surface area contributed by atoms with Gasteiger partial charge in [0.25, 0.3) is 0 Å². The van der Waals surface area contributed by atoms with Crippen molar-refractivity contribution in [2.45, 2.75) is 38.3 Å². The van der Waals surface area contributed by atoms with Gasteiger partial charge in [-0.1, -0.05) is 6.07 Å². The molecule has 5 N–H and O–H groups in total. The molecule has 1 saturated carbocycles. The van der Waals surface area contributed by atoms with Crippen LogP contribution >= 0.6 is 0 Å². The largest absolute Gasteiger partial charge is 0.465 e. The molecule has 2 rings (SSSR count). The molecule has 0 aliphatic heterocycles. The molecule has 1 aliphatic carbocycles. The van der Waals surface area contributed by atoms with Crippen molar-refractivity contribution in [3.05, 3.63) is 23.8 Å². The zero-order valence-electron chi connectivity index (χ0n) is 10.4. The average Bonchev–Trinajstić information content (AvgIpc) is 2.69. The van der Waals surface area contributed by atoms with E-state index in [1.165, 1.54) is 0 Å². The molecule has 1 aromatic rings. The molecule has 98 valence electrons. The highest BCUT2D eigenvalue weighted by molar-refractivity contribution is 5.67. The van der Waals surface area contributed by atoms with Crippen molar-refractivity contribution in [3.63, 3.8) is 0 Å². The minimum atomic E-state index is -0.949. The molecule has 0 saturated heterocycles. The third-order valence-corrected chi connectivity index (χ3v) is 3.33. The Bertz CT molecular complexity index is 448. The fraction of sp³-hybridized carbons (Fsp3) is 0.462. The van der Waals surface area contributed by atoms with E-state index in [1.54, 1.807) is 0 Å². The molecule has 0 radical (unpaired) electrons. The van der Waals surface area contributed by atoms with Crippen molar-refractivity contribution in [2.75, 3.05) is 11.1 Å². The molecule has 1 aromatic carbocycles. The molecular formula is C13H19N3O2. The van der Waals surface area contributed by atoms with E-state index in [-0.39, 0.29) is 12.1 Å². The smallest absolute Gasteiger partial charge is 0.404 e. The summed E-state index contributed by atoms with van der Waals surface area (Å²) in [5, 5.41) is 14.6. The van der Waals surface area contributed by atoms with E-state index >= 15 is 0 Å². The molecule has 0 spiro atoms. The van der Waals surface area contributed by atoms with Crippen LogP contribution in [0.1, 0.15) is 24.8 Å². The van der Waals surface area contributed by atoms with E-state index in [2.05, 4.69) is 10.6 Å². The van der Waals surface area contributed by atoms with Crippen LogP contribution in [0.2, 0.25) is 0 Å². The lowest BCUT2D eigenvalue weighted by atomic mass is 10.1. The number of hydrogen-bond acceptors (Lipinski definition) is 3. The maximum Gasteiger partial charge on any atom is 0.404 e. The summed E-state index contributed by atoms with van der Waals surface area (Å²) in [4.78, 5) is 10.6. The van der Waals surface area contributed by atoms with Crippen LogP contribution in [0.4, 0.5) is 16.2 Å². The van der Waals surface area contributed by atoms with Crippen molar-refractivity contribution in [1.82, 2.24) is 5.32 Å². The van der Waals surface area contributed by atoms with Gasteiger partial charge in [-0.3, -0.25) is 0 Å². The number of amides is 1. The maximum absolute atomic E-state index is 10.6. The van der Waals surface area contributed by atoms with Crippen LogP contribution in [0.25, 0.3) is 0 Å². The lowest BCUT2D eigenvalue weighted by molar-refractivity contribution is 0.190. The van der Waals surface area contributed by atoms with E-state index < -0.39 is 6.09 Å². The van der Waals surface area contributed by atoms with Gasteiger partial charge in [-0.15, -0.1) is 0 Å². The number of nitrogens with two attached hydrogens (primary N) is 1. The first-order valence-corrected chi connectivity index (χ1v) is 6.16. The van der Waals surface area contributed by atoms with Crippen molar-refractivity contribution < 1.29 is 9.90 Å². The average molecular weight is 249 g/mol. The van der Waals surface area contributed by atoms with Gasteiger partial charge in [0.1, 0.15) is 0 Å². The summed E-state index contributed by atoms with van der Waals surface area (Å²) in [5.74, 6) is 0. The first-order chi connectivity index (χ1) is 8.54. The molecule has 5 heteroatoms. The molecule has 2 atom stereocenters. The lowest BCUT2D eigenvalue weighted by Crippen LogP contribution is -2.32. The molecule has 5 nitrogen and oxygen atoms in total. The van der Waals surface area contributed by atoms with E-state index in [0.717, 1.165) is 36.2 Å². The van der Waals surface area contributed by atoms with Crippen LogP contribution in [0.3, 0.4) is 0 Å². The summed E-state index contributed by atoms with van der Waals surface area (Å²) in [6.45, 7) is 2.00. The zero-order valence-corrected chi connectivity index (χ0v) is 10.4. The summed E-state index contributed by atoms with van der Waals surface area (Å²) in [5.41, 5.74) is 8.75. The van der Waals surface area contributed by atoms with Gasteiger partial charge in [0, 0.05) is 12.1 Å². The van der Waals surface area contributed by atoms with E-state index in [9.17, 15) is 4.79 Å². The Morgan fingerprint density at radius 2 is 2.11 bits per heavy atom. The molecule has 0 aromatic heterocycles. The molecule has 1 aliphatic rings. The van der Waals surface area contributed by atoms with Gasteiger partial charge in [-0.2, -0.15) is 0 Å². The second-order valence-corrected chi connectivity index (χ2v) is 4.89. The van der Waals surface area contributed by atoms with Crippen molar-refractivity contribution in [1.29, 1.82) is 0 Å². The number of carbonyl (C=O) groups is 1. The van der Waals surface area contributed by atoms with E-state index in [1.807, 2.05) is 25.1 Å². The number of anilines is 2. The molecule has 1 fully saturated rings. The van der Waals surface area contributed by atoms with Crippen LogP contribution in [0.15, 0.2) is 18.2 Å². The Morgan fingerprint density at radius 3 is 2.78 bits per heavy atom. The number of benzene rings is 1. The molecule has 18 heavy (non-hydrogen) atoms. The Balaban J connectivity index is 1.93. The van der Waals surface area contributed by atoms with E-state index in [4.69, 9.17) is 10.8 Å². The standard InChI is InChI=1S/C13H19N3O2/c1-8-2-5-12(11(14)6-8)15-9-3-4-10(7-9)16-13(17)18/h2,5-6,9-10,15-16H,3-4,7,14H2,1H3,(H,17,18)/t9-,10-/m0/s1. The van der Waals surface area contributed by atoms with Crippen LogP contribution in [0, 0.1) is 6.92 Å². The number of aryl methyl sites for hydroxylation is 1. The summed E-state index contributed by atoms with van der Waals surface area (Å²) in [6, 6.07) is 6.26. The second-order valence-electron chi connectivity index (χ2n) is 4.89. The number of carboxylic acid groups (broad SMARTS) is 1. The van der Waals surface area contributed by atoms with Crippen LogP contribution in [0.5, 0.6) is 0 Å².